The van der Waals surface area contributed by atoms with Gasteiger partial charge in [-0.05, 0) is 24.6 Å². The molecule has 0 saturated carbocycles. The zero-order valence-electron chi connectivity index (χ0n) is 14.7. The van der Waals surface area contributed by atoms with Crippen molar-refractivity contribution in [1.29, 1.82) is 0 Å². The monoisotopic (exact) mass is 392 g/mol. The van der Waals surface area contributed by atoms with Crippen LogP contribution >= 0.6 is 0 Å². The first-order valence-corrected chi connectivity index (χ1v) is 7.85. The zero-order valence-corrected chi connectivity index (χ0v) is 14.7. The molecule has 150 valence electrons. The number of alkyl halides is 3. The molecule has 1 aromatic rings. The number of esters is 1. The molecule has 1 fully saturated rings. The first kappa shape index (κ1) is 20.6. The zero-order chi connectivity index (χ0) is 20.4. The summed E-state index contributed by atoms with van der Waals surface area (Å²) in [6, 6.07) is 1.22. The molecule has 3 N–H and O–H groups in total. The van der Waals surface area contributed by atoms with E-state index < -0.39 is 35.9 Å². The molecular formula is C16H19F3N2O6. The van der Waals surface area contributed by atoms with Crippen LogP contribution < -0.4 is 20.1 Å². The van der Waals surface area contributed by atoms with Crippen LogP contribution in [0.3, 0.4) is 0 Å². The van der Waals surface area contributed by atoms with E-state index in [1.807, 2.05) is 0 Å². The molecule has 1 heterocycles. The van der Waals surface area contributed by atoms with Gasteiger partial charge in [-0.15, -0.1) is 0 Å². The van der Waals surface area contributed by atoms with Gasteiger partial charge in [0.2, 0.25) is 0 Å². The number of nitrogens with one attached hydrogen (secondary N) is 2. The van der Waals surface area contributed by atoms with Gasteiger partial charge in [-0.25, -0.2) is 4.79 Å². The third-order valence-corrected chi connectivity index (χ3v) is 4.11. The van der Waals surface area contributed by atoms with E-state index in [0.29, 0.717) is 5.75 Å². The molecule has 0 radical (unpaired) electrons. The minimum Gasteiger partial charge on any atom is -0.493 e. The Morgan fingerprint density at radius 3 is 2.41 bits per heavy atom. The quantitative estimate of drug-likeness (QED) is 0.656. The number of hydrogen-bond donors (Lipinski definition) is 3. The molecule has 0 spiro atoms. The Morgan fingerprint density at radius 1 is 1.26 bits per heavy atom. The van der Waals surface area contributed by atoms with Gasteiger partial charge in [-0.1, -0.05) is 6.07 Å². The Labute approximate surface area is 152 Å². The lowest BCUT2D eigenvalue weighted by atomic mass is 9.82. The Bertz CT molecular complexity index is 727. The van der Waals surface area contributed by atoms with Gasteiger partial charge in [0.25, 0.3) is 5.72 Å². The van der Waals surface area contributed by atoms with E-state index in [2.05, 4.69) is 5.32 Å². The van der Waals surface area contributed by atoms with Crippen LogP contribution in [0.5, 0.6) is 11.5 Å². The van der Waals surface area contributed by atoms with Crippen molar-refractivity contribution in [1.82, 2.24) is 10.6 Å². The Balaban J connectivity index is 2.60. The summed E-state index contributed by atoms with van der Waals surface area (Å²) in [6.45, 7) is 1.20. The topological polar surface area (TPSA) is 106 Å². The van der Waals surface area contributed by atoms with Crippen LogP contribution in [0, 0.1) is 5.92 Å². The van der Waals surface area contributed by atoms with Crippen molar-refractivity contribution in [2.75, 3.05) is 20.8 Å². The third kappa shape index (κ3) is 3.72. The fraction of sp³-hybridized carbons (Fsp3) is 0.500. The van der Waals surface area contributed by atoms with E-state index in [1.54, 1.807) is 0 Å². The van der Waals surface area contributed by atoms with Crippen molar-refractivity contribution < 1.29 is 42.1 Å². The summed E-state index contributed by atoms with van der Waals surface area (Å²) in [5.74, 6) is -3.07. The smallest absolute Gasteiger partial charge is 0.437 e. The van der Waals surface area contributed by atoms with E-state index >= 15 is 0 Å². The SMILES string of the molecule is CCOC(=O)[C@@H]1[C@H](c2ccc(OC)c(OC)c2)NC(=O)N[C@]1(O)C(F)(F)F. The summed E-state index contributed by atoms with van der Waals surface area (Å²) in [6.07, 6.45) is -5.34. The van der Waals surface area contributed by atoms with E-state index in [4.69, 9.17) is 14.2 Å². The van der Waals surface area contributed by atoms with Crippen LogP contribution in [0.4, 0.5) is 18.0 Å². The number of halogens is 3. The molecule has 27 heavy (non-hydrogen) atoms. The minimum atomic E-state index is -5.34. The van der Waals surface area contributed by atoms with E-state index in [9.17, 15) is 27.9 Å². The van der Waals surface area contributed by atoms with Crippen molar-refractivity contribution in [3.63, 3.8) is 0 Å². The summed E-state index contributed by atoms with van der Waals surface area (Å²) >= 11 is 0. The second-order valence-electron chi connectivity index (χ2n) is 5.68. The molecule has 1 aliphatic heterocycles. The van der Waals surface area contributed by atoms with Crippen LogP contribution in [-0.2, 0) is 9.53 Å². The molecule has 8 nitrogen and oxygen atoms in total. The van der Waals surface area contributed by atoms with Crippen LogP contribution in [0.1, 0.15) is 18.5 Å². The van der Waals surface area contributed by atoms with E-state index in [1.165, 1.54) is 44.7 Å². The molecular weight excluding hydrogens is 373 g/mol. The Hall–Kier alpha value is -2.69. The first-order valence-electron chi connectivity index (χ1n) is 7.85. The van der Waals surface area contributed by atoms with Gasteiger partial charge in [0.15, 0.2) is 11.5 Å². The predicted molar refractivity (Wildman–Crippen MR) is 85.1 cm³/mol. The normalized spacial score (nSPS) is 25.2. The van der Waals surface area contributed by atoms with Crippen molar-refractivity contribution in [2.45, 2.75) is 24.9 Å². The van der Waals surface area contributed by atoms with Gasteiger partial charge in [0.1, 0.15) is 5.92 Å². The van der Waals surface area contributed by atoms with Crippen molar-refractivity contribution in [2.24, 2.45) is 5.92 Å². The number of ether oxygens (including phenoxy) is 3. The van der Waals surface area contributed by atoms with Crippen LogP contribution in [0.15, 0.2) is 18.2 Å². The number of carbonyl (C=O) groups is 2. The highest BCUT2D eigenvalue weighted by Crippen LogP contribution is 2.44. The fourth-order valence-corrected chi connectivity index (χ4v) is 2.86. The lowest BCUT2D eigenvalue weighted by Crippen LogP contribution is -2.73. The average Bonchev–Trinajstić information content (AvgIpc) is 2.59. The summed E-state index contributed by atoms with van der Waals surface area (Å²) in [7, 11) is 2.69. The second-order valence-corrected chi connectivity index (χ2v) is 5.68. The van der Waals surface area contributed by atoms with Gasteiger partial charge < -0.3 is 30.0 Å². The molecule has 0 aromatic heterocycles. The van der Waals surface area contributed by atoms with Crippen LogP contribution in [-0.4, -0.2) is 49.8 Å². The molecule has 0 unspecified atom stereocenters. The average molecular weight is 392 g/mol. The number of methoxy groups -OCH3 is 2. The van der Waals surface area contributed by atoms with Gasteiger partial charge in [0, 0.05) is 0 Å². The van der Waals surface area contributed by atoms with Crippen LogP contribution in [0.2, 0.25) is 0 Å². The molecule has 0 aliphatic carbocycles. The van der Waals surface area contributed by atoms with E-state index in [-0.39, 0.29) is 17.9 Å². The number of benzene rings is 1. The maximum Gasteiger partial charge on any atom is 0.437 e. The molecule has 11 heteroatoms. The molecule has 1 aliphatic rings. The standard InChI is InChI=1S/C16H19F3N2O6/c1-4-27-13(22)11-12(8-5-6-9(25-2)10(7-8)26-3)20-14(23)21-15(11,24)16(17,18)19/h5-7,11-12,24H,4H2,1-3H3,(H2,20,21,23)/t11-,12-,15+/m0/s1. The number of urea groups is 1. The number of aliphatic hydroxyl groups is 1. The van der Waals surface area contributed by atoms with Crippen molar-refractivity contribution >= 4 is 12.0 Å². The molecule has 0 bridgehead atoms. The Kier molecular flexibility index (Phi) is 5.73. The summed E-state index contributed by atoms with van der Waals surface area (Å²) in [5.41, 5.74) is -3.73. The van der Waals surface area contributed by atoms with Gasteiger partial charge in [-0.2, -0.15) is 13.2 Å². The lowest BCUT2D eigenvalue weighted by molar-refractivity contribution is -0.294. The predicted octanol–water partition coefficient (Wildman–Crippen LogP) is 1.49. The molecule has 2 rings (SSSR count). The highest BCUT2D eigenvalue weighted by atomic mass is 19.4. The van der Waals surface area contributed by atoms with Gasteiger partial charge in [0.05, 0.1) is 26.9 Å². The molecule has 1 saturated heterocycles. The largest absolute Gasteiger partial charge is 0.493 e. The maximum atomic E-state index is 13.6. The van der Waals surface area contributed by atoms with Gasteiger partial charge >= 0.3 is 18.2 Å². The molecule has 3 atom stereocenters. The highest BCUT2D eigenvalue weighted by Gasteiger charge is 2.67. The Morgan fingerprint density at radius 2 is 1.89 bits per heavy atom. The number of carbonyl (C=O) groups excluding carboxylic acids is 2. The summed E-state index contributed by atoms with van der Waals surface area (Å²) in [4.78, 5) is 24.1. The second kappa shape index (κ2) is 7.51. The number of amides is 2. The van der Waals surface area contributed by atoms with Crippen LogP contribution in [0.25, 0.3) is 0 Å². The minimum absolute atomic E-state index is 0.0863. The first-order chi connectivity index (χ1) is 12.6. The van der Waals surface area contributed by atoms with Crippen molar-refractivity contribution in [3.8, 4) is 11.5 Å². The maximum absolute atomic E-state index is 13.6. The van der Waals surface area contributed by atoms with Crippen molar-refractivity contribution in [3.05, 3.63) is 23.8 Å². The molecule has 2 amide bonds. The lowest BCUT2D eigenvalue weighted by Gasteiger charge is -2.44. The third-order valence-electron chi connectivity index (χ3n) is 4.11. The van der Waals surface area contributed by atoms with E-state index in [0.717, 1.165) is 0 Å². The molecule has 1 aromatic carbocycles. The number of rotatable bonds is 5. The highest BCUT2D eigenvalue weighted by molar-refractivity contribution is 5.83. The summed E-state index contributed by atoms with van der Waals surface area (Å²) in [5, 5.41) is 13.9. The van der Waals surface area contributed by atoms with Gasteiger partial charge in [-0.3, -0.25) is 4.79 Å². The fourth-order valence-electron chi connectivity index (χ4n) is 2.86. The summed E-state index contributed by atoms with van der Waals surface area (Å²) < 4.78 is 55.6. The number of hydrogen-bond acceptors (Lipinski definition) is 6.